The first-order chi connectivity index (χ1) is 9.17. The van der Waals surface area contributed by atoms with E-state index in [0.29, 0.717) is 18.5 Å². The van der Waals surface area contributed by atoms with Crippen molar-refractivity contribution >= 4 is 6.09 Å². The summed E-state index contributed by atoms with van der Waals surface area (Å²) in [7, 11) is 0. The summed E-state index contributed by atoms with van der Waals surface area (Å²) in [5.74, 6) is 1.40. The molecule has 1 fully saturated rings. The highest BCUT2D eigenvalue weighted by Gasteiger charge is 2.25. The Balaban J connectivity index is 2.32. The third kappa shape index (κ3) is 7.73. The van der Waals surface area contributed by atoms with Crippen molar-refractivity contribution in [3.8, 4) is 0 Å². The van der Waals surface area contributed by atoms with Crippen molar-refractivity contribution in [2.24, 2.45) is 11.8 Å². The second-order valence-corrected chi connectivity index (χ2v) is 7.48. The number of alkyl carbamates (subject to hydrolysis) is 1. The third-order valence-corrected chi connectivity index (χ3v) is 3.55. The van der Waals surface area contributed by atoms with E-state index in [1.807, 2.05) is 20.8 Å². The molecule has 1 rings (SSSR count). The smallest absolute Gasteiger partial charge is 0.407 e. The molecule has 4 heteroatoms. The van der Waals surface area contributed by atoms with Gasteiger partial charge in [-0.2, -0.15) is 0 Å². The van der Waals surface area contributed by atoms with Crippen LogP contribution < -0.4 is 10.6 Å². The molecule has 2 atom stereocenters. The van der Waals surface area contributed by atoms with Crippen LogP contribution in [0.4, 0.5) is 4.79 Å². The Morgan fingerprint density at radius 1 is 1.25 bits per heavy atom. The molecule has 1 saturated carbocycles. The van der Waals surface area contributed by atoms with E-state index in [2.05, 4.69) is 31.4 Å². The summed E-state index contributed by atoms with van der Waals surface area (Å²) in [5.41, 5.74) is -0.440. The quantitative estimate of drug-likeness (QED) is 0.754. The van der Waals surface area contributed by atoms with Gasteiger partial charge in [0, 0.05) is 18.6 Å². The SMILES string of the molecule is CC(CC1CC1)NC(CNC(=O)OC(C)(C)C)C(C)C. The van der Waals surface area contributed by atoms with Gasteiger partial charge >= 0.3 is 6.09 Å². The van der Waals surface area contributed by atoms with Crippen molar-refractivity contribution in [1.29, 1.82) is 0 Å². The Kier molecular flexibility index (Phi) is 6.31. The fourth-order valence-corrected chi connectivity index (χ4v) is 2.28. The average molecular weight is 284 g/mol. The summed E-state index contributed by atoms with van der Waals surface area (Å²) in [6.45, 7) is 12.8. The van der Waals surface area contributed by atoms with Gasteiger partial charge in [0.2, 0.25) is 0 Å². The maximum atomic E-state index is 11.7. The molecule has 0 aromatic rings. The van der Waals surface area contributed by atoms with Gasteiger partial charge in [-0.05, 0) is 46.0 Å². The maximum absolute atomic E-state index is 11.7. The highest BCUT2D eigenvalue weighted by atomic mass is 16.6. The van der Waals surface area contributed by atoms with Crippen LogP contribution in [-0.4, -0.2) is 30.3 Å². The van der Waals surface area contributed by atoms with Crippen molar-refractivity contribution < 1.29 is 9.53 Å². The fourth-order valence-electron chi connectivity index (χ4n) is 2.28. The zero-order valence-electron chi connectivity index (χ0n) is 14.0. The molecule has 0 aromatic heterocycles. The van der Waals surface area contributed by atoms with Gasteiger partial charge in [0.25, 0.3) is 0 Å². The lowest BCUT2D eigenvalue weighted by atomic mass is 10.0. The van der Waals surface area contributed by atoms with E-state index >= 15 is 0 Å². The van der Waals surface area contributed by atoms with Crippen LogP contribution in [0.2, 0.25) is 0 Å². The van der Waals surface area contributed by atoms with Gasteiger partial charge < -0.3 is 15.4 Å². The zero-order valence-corrected chi connectivity index (χ0v) is 14.0. The van der Waals surface area contributed by atoms with Crippen LogP contribution >= 0.6 is 0 Å². The molecule has 0 aliphatic heterocycles. The van der Waals surface area contributed by atoms with E-state index in [1.165, 1.54) is 19.3 Å². The molecule has 0 heterocycles. The van der Waals surface area contributed by atoms with Crippen molar-refractivity contribution in [2.45, 2.75) is 78.5 Å². The lowest BCUT2D eigenvalue weighted by molar-refractivity contribution is 0.0518. The minimum absolute atomic E-state index is 0.288. The molecule has 0 aromatic carbocycles. The maximum Gasteiger partial charge on any atom is 0.407 e. The topological polar surface area (TPSA) is 50.4 Å². The Labute approximate surface area is 124 Å². The van der Waals surface area contributed by atoms with Crippen molar-refractivity contribution in [3.05, 3.63) is 0 Å². The molecule has 1 amide bonds. The number of carbonyl (C=O) groups excluding carboxylic acids is 1. The molecule has 20 heavy (non-hydrogen) atoms. The Bertz CT molecular complexity index is 306. The van der Waals surface area contributed by atoms with E-state index in [0.717, 1.165) is 5.92 Å². The van der Waals surface area contributed by atoms with Crippen LogP contribution in [0.5, 0.6) is 0 Å². The minimum atomic E-state index is -0.440. The first-order valence-corrected chi connectivity index (χ1v) is 7.90. The number of amides is 1. The summed E-state index contributed by atoms with van der Waals surface area (Å²) in [6, 6.07) is 0.798. The Hall–Kier alpha value is -0.770. The molecule has 1 aliphatic rings. The molecule has 0 saturated heterocycles. The highest BCUT2D eigenvalue weighted by Crippen LogP contribution is 2.33. The van der Waals surface area contributed by atoms with E-state index < -0.39 is 5.60 Å². The van der Waals surface area contributed by atoms with Gasteiger partial charge in [-0.25, -0.2) is 4.79 Å². The first-order valence-electron chi connectivity index (χ1n) is 7.90. The molecule has 118 valence electrons. The van der Waals surface area contributed by atoms with E-state index in [1.54, 1.807) is 0 Å². The van der Waals surface area contributed by atoms with Crippen LogP contribution in [-0.2, 0) is 4.74 Å². The van der Waals surface area contributed by atoms with E-state index in [4.69, 9.17) is 4.74 Å². The van der Waals surface area contributed by atoms with Gasteiger partial charge in [0.05, 0.1) is 0 Å². The normalized spacial score (nSPS) is 18.8. The van der Waals surface area contributed by atoms with Gasteiger partial charge in [-0.15, -0.1) is 0 Å². The van der Waals surface area contributed by atoms with Gasteiger partial charge in [-0.3, -0.25) is 0 Å². The van der Waals surface area contributed by atoms with Crippen molar-refractivity contribution in [3.63, 3.8) is 0 Å². The predicted octanol–water partition coefficient (Wildman–Crippen LogP) is 3.31. The summed E-state index contributed by atoms with van der Waals surface area (Å²) < 4.78 is 5.27. The standard InChI is InChI=1S/C16H32N2O2/c1-11(2)14(18-12(3)9-13-7-8-13)10-17-15(19)20-16(4,5)6/h11-14,18H,7-10H2,1-6H3,(H,17,19). The number of ether oxygens (including phenoxy) is 1. The second kappa shape index (κ2) is 7.30. The number of nitrogens with one attached hydrogen (secondary N) is 2. The zero-order chi connectivity index (χ0) is 15.3. The van der Waals surface area contributed by atoms with Crippen molar-refractivity contribution in [2.75, 3.05) is 6.54 Å². The van der Waals surface area contributed by atoms with Crippen LogP contribution in [0.3, 0.4) is 0 Å². The monoisotopic (exact) mass is 284 g/mol. The highest BCUT2D eigenvalue weighted by molar-refractivity contribution is 5.67. The molecule has 2 N–H and O–H groups in total. The molecule has 1 aliphatic carbocycles. The van der Waals surface area contributed by atoms with Crippen LogP contribution in [0.1, 0.15) is 60.8 Å². The van der Waals surface area contributed by atoms with E-state index in [9.17, 15) is 4.79 Å². The van der Waals surface area contributed by atoms with Crippen LogP contribution in [0.15, 0.2) is 0 Å². The summed E-state index contributed by atoms with van der Waals surface area (Å²) in [5, 5.41) is 6.51. The van der Waals surface area contributed by atoms with E-state index in [-0.39, 0.29) is 12.1 Å². The summed E-state index contributed by atoms with van der Waals surface area (Å²) in [6.07, 6.45) is 3.68. The number of rotatable bonds is 7. The van der Waals surface area contributed by atoms with Crippen LogP contribution in [0.25, 0.3) is 0 Å². The molecule has 2 unspecified atom stereocenters. The second-order valence-electron chi connectivity index (χ2n) is 7.48. The number of hydrogen-bond acceptors (Lipinski definition) is 3. The molecule has 0 spiro atoms. The predicted molar refractivity (Wildman–Crippen MR) is 82.8 cm³/mol. The van der Waals surface area contributed by atoms with Gasteiger partial charge in [0.15, 0.2) is 0 Å². The molecule has 0 radical (unpaired) electrons. The summed E-state index contributed by atoms with van der Waals surface area (Å²) in [4.78, 5) is 11.7. The number of carbonyl (C=O) groups is 1. The molecule has 4 nitrogen and oxygen atoms in total. The van der Waals surface area contributed by atoms with Crippen LogP contribution in [0, 0.1) is 11.8 Å². The molecular formula is C16H32N2O2. The molecular weight excluding hydrogens is 252 g/mol. The lowest BCUT2D eigenvalue weighted by Crippen LogP contribution is -2.48. The van der Waals surface area contributed by atoms with Crippen molar-refractivity contribution in [1.82, 2.24) is 10.6 Å². The first kappa shape index (κ1) is 17.3. The largest absolute Gasteiger partial charge is 0.444 e. The summed E-state index contributed by atoms with van der Waals surface area (Å²) >= 11 is 0. The minimum Gasteiger partial charge on any atom is -0.444 e. The molecule has 0 bridgehead atoms. The Morgan fingerprint density at radius 2 is 1.85 bits per heavy atom. The third-order valence-electron chi connectivity index (χ3n) is 3.55. The lowest BCUT2D eigenvalue weighted by Gasteiger charge is -2.27. The fraction of sp³-hybridized carbons (Fsp3) is 0.938. The Morgan fingerprint density at radius 3 is 2.30 bits per heavy atom. The van der Waals surface area contributed by atoms with Gasteiger partial charge in [-0.1, -0.05) is 26.7 Å². The average Bonchev–Trinajstić information content (AvgIpc) is 3.05. The number of hydrogen-bond donors (Lipinski definition) is 2. The van der Waals surface area contributed by atoms with Gasteiger partial charge in [0.1, 0.15) is 5.60 Å².